The van der Waals surface area contributed by atoms with Crippen molar-refractivity contribution >= 4 is 40.7 Å². The number of amides is 2. The molecule has 2 aromatic heterocycles. The Kier molecular flexibility index (Phi) is 17.6. The molecule has 4 atom stereocenters. The maximum Gasteiger partial charge on any atom is 0.488 e. The number of cyclic esters (lactones) is 2. The molecular weight excluding hydrogens is 979 g/mol. The third-order valence-electron chi connectivity index (χ3n) is 13.1. The van der Waals surface area contributed by atoms with Crippen molar-refractivity contribution in [3.63, 3.8) is 0 Å². The lowest BCUT2D eigenvalue weighted by Gasteiger charge is -2.45. The highest BCUT2D eigenvalue weighted by atomic mass is 79.9. The van der Waals surface area contributed by atoms with Crippen LogP contribution in [0.1, 0.15) is 102 Å². The van der Waals surface area contributed by atoms with Crippen LogP contribution in [0.2, 0.25) is 0 Å². The first-order valence-electron chi connectivity index (χ1n) is 24.0. The third kappa shape index (κ3) is 14.0. The first-order chi connectivity index (χ1) is 33.9. The molecule has 6 aromatic rings. The molecule has 16 heteroatoms. The van der Waals surface area contributed by atoms with Crippen molar-refractivity contribution in [1.82, 2.24) is 18.9 Å². The summed E-state index contributed by atoms with van der Waals surface area (Å²) in [6.45, 7) is 12.1. The van der Waals surface area contributed by atoms with Crippen molar-refractivity contribution < 1.29 is 39.3 Å². The first-order valence-corrected chi connectivity index (χ1v) is 24.8. The maximum atomic E-state index is 13.2. The zero-order chi connectivity index (χ0) is 52.6. The predicted octanol–water partition coefficient (Wildman–Crippen LogP) is 8.49. The maximum absolute atomic E-state index is 13.2. The number of benzene rings is 4. The molecule has 0 saturated carbocycles. The second kappa shape index (κ2) is 23.1. The van der Waals surface area contributed by atoms with Gasteiger partial charge in [0, 0.05) is 81.9 Å². The van der Waals surface area contributed by atoms with Crippen LogP contribution in [0.4, 0.5) is 9.59 Å². The number of carbonyl (C=O) groups excluding carboxylic acids is 2. The van der Waals surface area contributed by atoms with Gasteiger partial charge in [-0.15, -0.1) is 0 Å². The number of rotatable bonds is 12. The van der Waals surface area contributed by atoms with Crippen molar-refractivity contribution in [2.24, 2.45) is 14.1 Å². The van der Waals surface area contributed by atoms with Gasteiger partial charge >= 0.3 is 19.3 Å². The van der Waals surface area contributed by atoms with Gasteiger partial charge in [0.25, 0.3) is 5.56 Å². The summed E-state index contributed by atoms with van der Waals surface area (Å²) in [6.07, 6.45) is 4.41. The van der Waals surface area contributed by atoms with Gasteiger partial charge in [-0.2, -0.15) is 0 Å². The van der Waals surface area contributed by atoms with E-state index in [1.807, 2.05) is 129 Å². The third-order valence-corrected chi connectivity index (χ3v) is 13.7. The molecule has 2 aliphatic heterocycles. The first kappa shape index (κ1) is 55.0. The van der Waals surface area contributed by atoms with Crippen molar-refractivity contribution in [3.8, 4) is 11.1 Å². The Hall–Kier alpha value is -6.30. The van der Waals surface area contributed by atoms with Crippen LogP contribution in [-0.2, 0) is 34.8 Å². The Morgan fingerprint density at radius 2 is 0.986 bits per heavy atom. The molecule has 2 aliphatic rings. The van der Waals surface area contributed by atoms with E-state index in [-0.39, 0.29) is 40.9 Å². The van der Waals surface area contributed by atoms with Crippen LogP contribution in [-0.4, -0.2) is 82.8 Å². The smallest absolute Gasteiger partial charge is 0.438 e. The molecule has 4 heterocycles. The Bertz CT molecular complexity index is 2890. The molecular formula is C56H66BBrN4O10. The van der Waals surface area contributed by atoms with Gasteiger partial charge in [0.2, 0.25) is 5.56 Å². The number of aryl methyl sites for hydroxylation is 2. The molecule has 380 valence electrons. The highest BCUT2D eigenvalue weighted by Crippen LogP contribution is 2.44. The quantitative estimate of drug-likeness (QED) is 0.0868. The number of hydrogen-bond donors (Lipinski definition) is 4. The summed E-state index contributed by atoms with van der Waals surface area (Å²) in [5.41, 5.74) is 1.97. The number of aliphatic hydroxyl groups is 2. The molecule has 0 aliphatic carbocycles. The normalized spacial score (nSPS) is 18.8. The highest BCUT2D eigenvalue weighted by molar-refractivity contribution is 9.10. The molecule has 2 fully saturated rings. The summed E-state index contributed by atoms with van der Waals surface area (Å²) in [7, 11) is 1.75. The lowest BCUT2D eigenvalue weighted by Crippen LogP contribution is -2.51. The summed E-state index contributed by atoms with van der Waals surface area (Å²) in [5, 5.41) is 38.3. The molecule has 2 amide bonds. The number of carbonyl (C=O) groups is 2. The molecule has 8 rings (SSSR count). The van der Waals surface area contributed by atoms with Crippen molar-refractivity contribution in [2.75, 3.05) is 13.1 Å². The summed E-state index contributed by atoms with van der Waals surface area (Å²) < 4.78 is 16.0. The van der Waals surface area contributed by atoms with E-state index in [2.05, 4.69) is 15.9 Å². The standard InChI is InChI=1S/C28H32N2O4.C22H26BrNO3.C6H8BNO3/c1-20(21-10-12-22(13-11-21)23-14-16-29(4)25(31)18-23)30-17-15-28(34-26(30)32,19-27(2,3)33)24-8-6-5-7-9-24;1-16(17-9-11-19(23)12-10-17)24-14-13-22(27-20(24)25,15-21(2,3)26)18-7-5-4-6-8-18;1-8-3-2-5(7(10)11)4-6(8)9/h5-14,16,18,20,33H,15,17,19H2,1-4H3;4-12,16,26H,13-15H2,1-3H3;2-4,10-11H,1H3/t20-,28-;16-,22-;/m00./s1. The minimum absolute atomic E-state index is 0.0565. The molecule has 4 aromatic carbocycles. The fourth-order valence-electron chi connectivity index (χ4n) is 9.29. The van der Waals surface area contributed by atoms with Crippen molar-refractivity contribution in [1.29, 1.82) is 0 Å². The zero-order valence-corrected chi connectivity index (χ0v) is 43.8. The molecule has 0 unspecified atom stereocenters. The second-order valence-corrected chi connectivity index (χ2v) is 20.9. The average molecular weight is 1050 g/mol. The minimum Gasteiger partial charge on any atom is -0.438 e. The average Bonchev–Trinajstić information content (AvgIpc) is 3.33. The Morgan fingerprint density at radius 1 is 0.583 bits per heavy atom. The SMILES string of the molecule is C[C@@H](c1ccc(-c2ccn(C)c(=O)c2)cc1)N1CC[C@](CC(C)(C)O)(c2ccccc2)OC1=O.C[C@@H](c1ccc(Br)cc1)N1CC[C@](CC(C)(C)O)(c2ccccc2)OC1=O.Cn1ccc(B(O)O)cc1=O. The van der Waals surface area contributed by atoms with Crippen LogP contribution in [0.5, 0.6) is 0 Å². The van der Waals surface area contributed by atoms with E-state index in [0.29, 0.717) is 38.8 Å². The van der Waals surface area contributed by atoms with Crippen LogP contribution < -0.4 is 16.6 Å². The molecule has 0 radical (unpaired) electrons. The number of hydrogen-bond acceptors (Lipinski definition) is 10. The molecule has 2 saturated heterocycles. The molecule has 72 heavy (non-hydrogen) atoms. The van der Waals surface area contributed by atoms with Gasteiger partial charge in [0.05, 0.1) is 23.3 Å². The van der Waals surface area contributed by atoms with Gasteiger partial charge in [-0.25, -0.2) is 9.59 Å². The predicted molar refractivity (Wildman–Crippen MR) is 283 cm³/mol. The number of nitrogens with zero attached hydrogens (tertiary/aromatic N) is 4. The van der Waals surface area contributed by atoms with Crippen LogP contribution in [0, 0.1) is 0 Å². The largest absolute Gasteiger partial charge is 0.488 e. The van der Waals surface area contributed by atoms with Gasteiger partial charge in [-0.3, -0.25) is 9.59 Å². The Morgan fingerprint density at radius 3 is 1.36 bits per heavy atom. The summed E-state index contributed by atoms with van der Waals surface area (Å²) in [5.74, 6) is 0. The van der Waals surface area contributed by atoms with E-state index >= 15 is 0 Å². The van der Waals surface area contributed by atoms with Crippen LogP contribution >= 0.6 is 15.9 Å². The van der Waals surface area contributed by atoms with E-state index in [0.717, 1.165) is 37.9 Å². The molecule has 14 nitrogen and oxygen atoms in total. The minimum atomic E-state index is -1.57. The fraction of sp³-hybridized carbons (Fsp3) is 0.357. The number of ether oxygens (including phenoxy) is 2. The Labute approximate surface area is 430 Å². The van der Waals surface area contributed by atoms with E-state index in [1.54, 1.807) is 63.9 Å². The van der Waals surface area contributed by atoms with Gasteiger partial charge < -0.3 is 48.7 Å². The van der Waals surface area contributed by atoms with Crippen LogP contribution in [0.3, 0.4) is 0 Å². The Balaban J connectivity index is 0.000000198. The number of halogens is 1. The van der Waals surface area contributed by atoms with Crippen LogP contribution in [0.15, 0.2) is 160 Å². The van der Waals surface area contributed by atoms with Gasteiger partial charge in [0.15, 0.2) is 0 Å². The van der Waals surface area contributed by atoms with E-state index in [9.17, 15) is 29.4 Å². The highest BCUT2D eigenvalue weighted by Gasteiger charge is 2.47. The number of aromatic nitrogens is 2. The van der Waals surface area contributed by atoms with Gasteiger partial charge in [-0.05, 0) is 105 Å². The van der Waals surface area contributed by atoms with Gasteiger partial charge in [0.1, 0.15) is 11.2 Å². The second-order valence-electron chi connectivity index (χ2n) is 20.0. The molecule has 0 spiro atoms. The van der Waals surface area contributed by atoms with E-state index < -0.39 is 29.5 Å². The monoisotopic (exact) mass is 1040 g/mol. The molecule has 0 bridgehead atoms. The van der Waals surface area contributed by atoms with Crippen molar-refractivity contribution in [2.45, 2.75) is 102 Å². The topological polar surface area (TPSA) is 184 Å². The lowest BCUT2D eigenvalue weighted by molar-refractivity contribution is -0.102. The van der Waals surface area contributed by atoms with Crippen LogP contribution in [0.25, 0.3) is 11.1 Å². The van der Waals surface area contributed by atoms with Crippen molar-refractivity contribution in [3.05, 3.63) is 193 Å². The summed E-state index contributed by atoms with van der Waals surface area (Å²) in [6, 6.07) is 41.2. The number of pyridine rings is 2. The van der Waals surface area contributed by atoms with Gasteiger partial charge in [-0.1, -0.05) is 113 Å². The van der Waals surface area contributed by atoms with E-state index in [1.165, 1.54) is 27.5 Å². The lowest BCUT2D eigenvalue weighted by atomic mass is 9.80. The fourth-order valence-corrected chi connectivity index (χ4v) is 9.55. The van der Waals surface area contributed by atoms with E-state index in [4.69, 9.17) is 19.5 Å². The molecule has 4 N–H and O–H groups in total. The summed E-state index contributed by atoms with van der Waals surface area (Å²) >= 11 is 3.44. The zero-order valence-electron chi connectivity index (χ0n) is 42.2. The summed E-state index contributed by atoms with van der Waals surface area (Å²) in [4.78, 5) is 52.5.